The molecule has 1 aromatic rings. The van der Waals surface area contributed by atoms with Crippen molar-refractivity contribution in [3.63, 3.8) is 0 Å². The first-order chi connectivity index (χ1) is 12.6. The summed E-state index contributed by atoms with van der Waals surface area (Å²) in [5.74, 6) is 1.85. The molecule has 0 bridgehead atoms. The number of carbonyl (C=O) groups is 2. The highest BCUT2D eigenvalue weighted by Crippen LogP contribution is 2.42. The van der Waals surface area contributed by atoms with Crippen molar-refractivity contribution in [2.45, 2.75) is 51.5 Å². The Bertz CT molecular complexity index is 608. The van der Waals surface area contributed by atoms with E-state index >= 15 is 0 Å². The molecule has 26 heavy (non-hydrogen) atoms. The zero-order valence-corrected chi connectivity index (χ0v) is 15.4. The van der Waals surface area contributed by atoms with Crippen LogP contribution in [0.3, 0.4) is 0 Å². The van der Waals surface area contributed by atoms with E-state index in [1.54, 1.807) is 11.8 Å². The summed E-state index contributed by atoms with van der Waals surface area (Å²) in [5.41, 5.74) is 0. The van der Waals surface area contributed by atoms with Crippen molar-refractivity contribution in [1.29, 1.82) is 0 Å². The second kappa shape index (κ2) is 8.46. The molecule has 144 valence electrons. The number of fused-ring (bicyclic) bond motifs is 1. The molecular formula is C17H27N5O4. The summed E-state index contributed by atoms with van der Waals surface area (Å²) >= 11 is 0. The number of H-pyrrole nitrogens is 1. The van der Waals surface area contributed by atoms with Gasteiger partial charge in [-0.15, -0.1) is 10.2 Å². The van der Waals surface area contributed by atoms with E-state index < -0.39 is 12.1 Å². The van der Waals surface area contributed by atoms with Crippen LogP contribution in [0.15, 0.2) is 0 Å². The third kappa shape index (κ3) is 4.13. The van der Waals surface area contributed by atoms with Gasteiger partial charge >= 0.3 is 12.1 Å². The van der Waals surface area contributed by atoms with E-state index in [1.165, 1.54) is 7.11 Å². The normalized spacial score (nSPS) is 28.3. The van der Waals surface area contributed by atoms with Gasteiger partial charge in [-0.05, 0) is 50.4 Å². The van der Waals surface area contributed by atoms with Crippen LogP contribution in [0.25, 0.3) is 0 Å². The highest BCUT2D eigenvalue weighted by atomic mass is 16.6. The Kier molecular flexibility index (Phi) is 6.05. The minimum atomic E-state index is -0.542. The Balaban J connectivity index is 1.62. The van der Waals surface area contributed by atoms with Crippen LogP contribution in [0.2, 0.25) is 0 Å². The molecule has 9 nitrogen and oxygen atoms in total. The van der Waals surface area contributed by atoms with Crippen LogP contribution < -0.4 is 0 Å². The number of tetrazole rings is 1. The zero-order chi connectivity index (χ0) is 18.5. The number of nitrogens with zero attached hydrogens (tertiary/aromatic N) is 4. The van der Waals surface area contributed by atoms with Crippen molar-refractivity contribution in [3.8, 4) is 0 Å². The molecule has 0 spiro atoms. The maximum absolute atomic E-state index is 12.4. The van der Waals surface area contributed by atoms with E-state index in [0.717, 1.165) is 37.9 Å². The monoisotopic (exact) mass is 365 g/mol. The number of carbonyl (C=O) groups excluding carboxylic acids is 2. The molecule has 1 aromatic heterocycles. The lowest BCUT2D eigenvalue weighted by molar-refractivity contribution is -0.152. The molecule has 1 unspecified atom stereocenters. The maximum Gasteiger partial charge on any atom is 0.410 e. The van der Waals surface area contributed by atoms with E-state index in [4.69, 9.17) is 9.47 Å². The number of esters is 1. The number of rotatable bonds is 5. The fourth-order valence-corrected chi connectivity index (χ4v) is 4.41. The smallest absolute Gasteiger partial charge is 0.410 e. The van der Waals surface area contributed by atoms with E-state index in [0.29, 0.717) is 37.3 Å². The van der Waals surface area contributed by atoms with Gasteiger partial charge in [0.05, 0.1) is 13.7 Å². The second-order valence-electron chi connectivity index (χ2n) is 7.19. The highest BCUT2D eigenvalue weighted by Gasteiger charge is 2.44. The summed E-state index contributed by atoms with van der Waals surface area (Å²) in [6.07, 6.45) is 5.29. The molecule has 1 amide bonds. The number of methoxy groups -OCH3 is 1. The van der Waals surface area contributed by atoms with Crippen molar-refractivity contribution in [3.05, 3.63) is 5.82 Å². The number of ether oxygens (including phenoxy) is 2. The first-order valence-corrected chi connectivity index (χ1v) is 9.35. The molecule has 1 aliphatic carbocycles. The number of hydrogen-bond donors (Lipinski definition) is 1. The predicted octanol–water partition coefficient (Wildman–Crippen LogP) is 1.57. The minimum absolute atomic E-state index is 0.311. The number of piperidine rings is 1. The summed E-state index contributed by atoms with van der Waals surface area (Å²) in [5, 5.41) is 14.1. The maximum atomic E-state index is 12.4. The number of aryl methyl sites for hydroxylation is 1. The molecular weight excluding hydrogens is 338 g/mol. The number of aromatic amines is 1. The van der Waals surface area contributed by atoms with E-state index in [-0.39, 0.29) is 5.97 Å². The Morgan fingerprint density at radius 2 is 2.12 bits per heavy atom. The number of aromatic nitrogens is 4. The van der Waals surface area contributed by atoms with Gasteiger partial charge in [-0.3, -0.25) is 4.90 Å². The van der Waals surface area contributed by atoms with Crippen LogP contribution in [-0.2, 0) is 20.7 Å². The fraction of sp³-hybridized carbons (Fsp3) is 0.824. The van der Waals surface area contributed by atoms with Gasteiger partial charge in [0.1, 0.15) is 6.04 Å². The highest BCUT2D eigenvalue weighted by molar-refractivity contribution is 5.81. The first kappa shape index (κ1) is 18.6. The lowest BCUT2D eigenvalue weighted by atomic mass is 9.68. The number of likely N-dealkylation sites (tertiary alicyclic amines) is 1. The largest absolute Gasteiger partial charge is 0.464 e. The number of amides is 1. The topological polar surface area (TPSA) is 110 Å². The van der Waals surface area contributed by atoms with Gasteiger partial charge < -0.3 is 9.47 Å². The summed E-state index contributed by atoms with van der Waals surface area (Å²) in [6.45, 7) is 2.66. The van der Waals surface area contributed by atoms with Gasteiger partial charge in [0.25, 0.3) is 0 Å². The SMILES string of the molecule is CCOC(=O)[C@@H]1C[C@H]2CC(CCc3nn[nH]n3)CC[C@@H]2CN1C(=O)OC. The zero-order valence-electron chi connectivity index (χ0n) is 15.4. The first-order valence-electron chi connectivity index (χ1n) is 9.35. The van der Waals surface area contributed by atoms with Crippen molar-refractivity contribution in [2.24, 2.45) is 17.8 Å². The molecule has 3 rings (SSSR count). The van der Waals surface area contributed by atoms with Crippen LogP contribution in [0.5, 0.6) is 0 Å². The van der Waals surface area contributed by atoms with E-state index in [2.05, 4.69) is 20.6 Å². The molecule has 1 aliphatic heterocycles. The van der Waals surface area contributed by atoms with Crippen molar-refractivity contribution in [2.75, 3.05) is 20.3 Å². The lowest BCUT2D eigenvalue weighted by Gasteiger charge is -2.46. The van der Waals surface area contributed by atoms with Crippen molar-refractivity contribution >= 4 is 12.1 Å². The standard InChI is InChI=1S/C17H27N5O4/c1-3-26-16(23)14-9-13-8-11(5-7-15-18-20-21-19-15)4-6-12(13)10-22(14)17(24)25-2/h11-14H,3-10H2,1-2H3,(H,18,19,20,21)/t11?,12-,13-,14+/m1/s1. The third-order valence-corrected chi connectivity index (χ3v) is 5.72. The van der Waals surface area contributed by atoms with Crippen LogP contribution in [-0.4, -0.2) is 63.9 Å². The molecule has 1 saturated carbocycles. The van der Waals surface area contributed by atoms with Crippen LogP contribution in [0.1, 0.15) is 44.9 Å². The average Bonchev–Trinajstić information content (AvgIpc) is 3.18. The third-order valence-electron chi connectivity index (χ3n) is 5.72. The Morgan fingerprint density at radius 1 is 1.27 bits per heavy atom. The number of hydrogen-bond acceptors (Lipinski definition) is 7. The van der Waals surface area contributed by atoms with Crippen LogP contribution in [0.4, 0.5) is 4.79 Å². The van der Waals surface area contributed by atoms with Crippen molar-refractivity contribution < 1.29 is 19.1 Å². The van der Waals surface area contributed by atoms with Gasteiger partial charge in [-0.2, -0.15) is 5.21 Å². The average molecular weight is 365 g/mol. The summed E-state index contributed by atoms with van der Waals surface area (Å²) in [4.78, 5) is 26.1. The van der Waals surface area contributed by atoms with Crippen molar-refractivity contribution in [1.82, 2.24) is 25.5 Å². The van der Waals surface area contributed by atoms with Gasteiger partial charge in [0.15, 0.2) is 5.82 Å². The fourth-order valence-electron chi connectivity index (χ4n) is 4.41. The summed E-state index contributed by atoms with van der Waals surface area (Å²) in [6, 6.07) is -0.542. The summed E-state index contributed by atoms with van der Waals surface area (Å²) < 4.78 is 10.1. The molecule has 1 N–H and O–H groups in total. The predicted molar refractivity (Wildman–Crippen MR) is 91.0 cm³/mol. The Labute approximate surface area is 152 Å². The van der Waals surface area contributed by atoms with E-state index in [9.17, 15) is 9.59 Å². The molecule has 2 aliphatic rings. The summed E-state index contributed by atoms with van der Waals surface area (Å²) in [7, 11) is 1.35. The van der Waals surface area contributed by atoms with Gasteiger partial charge in [-0.25, -0.2) is 9.59 Å². The molecule has 0 radical (unpaired) electrons. The van der Waals surface area contributed by atoms with Crippen LogP contribution >= 0.6 is 0 Å². The van der Waals surface area contributed by atoms with Gasteiger partial charge in [0.2, 0.25) is 0 Å². The lowest BCUT2D eigenvalue weighted by Crippen LogP contribution is -2.55. The molecule has 9 heteroatoms. The Hall–Kier alpha value is -2.19. The number of nitrogens with one attached hydrogen (secondary N) is 1. The van der Waals surface area contributed by atoms with Gasteiger partial charge in [0, 0.05) is 13.0 Å². The van der Waals surface area contributed by atoms with Crippen LogP contribution in [0, 0.1) is 17.8 Å². The minimum Gasteiger partial charge on any atom is -0.464 e. The molecule has 0 aromatic carbocycles. The van der Waals surface area contributed by atoms with E-state index in [1.807, 2.05) is 0 Å². The van der Waals surface area contributed by atoms with Gasteiger partial charge in [-0.1, -0.05) is 11.6 Å². The molecule has 1 saturated heterocycles. The molecule has 4 atom stereocenters. The molecule has 2 fully saturated rings. The second-order valence-corrected chi connectivity index (χ2v) is 7.19. The molecule has 2 heterocycles. The Morgan fingerprint density at radius 3 is 2.81 bits per heavy atom. The quantitative estimate of drug-likeness (QED) is 0.789.